The van der Waals surface area contributed by atoms with Crippen LogP contribution in [0.5, 0.6) is 0 Å². The summed E-state index contributed by atoms with van der Waals surface area (Å²) in [5.74, 6) is -2.43. The number of halogens is 1. The van der Waals surface area contributed by atoms with Crippen LogP contribution in [0, 0.1) is 0 Å². The highest BCUT2D eigenvalue weighted by Crippen LogP contribution is 2.32. The molecule has 3 N–H and O–H groups in total. The van der Waals surface area contributed by atoms with E-state index in [9.17, 15) is 28.4 Å². The first-order valence-corrected chi connectivity index (χ1v) is 19.6. The molecule has 4 amide bonds. The van der Waals surface area contributed by atoms with Crippen LogP contribution in [0.15, 0.2) is 61.1 Å². The summed E-state index contributed by atoms with van der Waals surface area (Å²) < 4.78 is 31.7. The Bertz CT molecular complexity index is 2180. The number of piperidine rings is 1. The SMILES string of the molecule is CC(COCC(F)CCC(=O)c1cnc(Cc2ccc3cnccc3n2)cc1NC1CC1)OCCOCCNc1cccc2c1C(=O)N(C1CCC(=O)NC1=O)C2=O. The number of ketones is 1. The van der Waals surface area contributed by atoms with Crippen molar-refractivity contribution >= 4 is 51.7 Å². The topological polar surface area (TPSA) is 191 Å². The number of amides is 4. The van der Waals surface area contributed by atoms with Crippen molar-refractivity contribution in [2.24, 2.45) is 0 Å². The van der Waals surface area contributed by atoms with E-state index in [1.807, 2.05) is 31.2 Å². The number of alkyl halides is 1. The highest BCUT2D eigenvalue weighted by atomic mass is 19.1. The minimum absolute atomic E-state index is 0.0186. The molecule has 1 saturated heterocycles. The number of pyridine rings is 3. The minimum atomic E-state index is -1.33. The van der Waals surface area contributed by atoms with Crippen LogP contribution in [0.3, 0.4) is 0 Å². The molecular formula is C42H46FN7O8. The van der Waals surface area contributed by atoms with Crippen molar-refractivity contribution < 1.29 is 42.6 Å². The molecule has 1 aromatic carbocycles. The van der Waals surface area contributed by atoms with Gasteiger partial charge in [-0.3, -0.25) is 49.1 Å². The van der Waals surface area contributed by atoms with Crippen LogP contribution in [0.1, 0.15) is 87.9 Å². The number of imide groups is 2. The van der Waals surface area contributed by atoms with E-state index in [4.69, 9.17) is 19.2 Å². The Morgan fingerprint density at radius 1 is 0.966 bits per heavy atom. The standard InChI is InChI=1S/C42H46FN7O8/c1-25(58-18-17-56-16-15-45-34-4-2-3-31-39(34)42(55)50(41(31)54)36-10-12-38(52)49-40(36)53)23-57-24-27(43)6-11-37(51)32-22-46-30(20-35(32)47-28-8-9-28)19-29-7-5-26-21-44-14-13-33(26)48-29/h2-5,7,13-14,20-22,25,27-28,36,45H,6,8-12,15-19,23-24H2,1H3,(H,46,47)(H,49,52,53). The van der Waals surface area contributed by atoms with Gasteiger partial charge in [0.25, 0.3) is 11.8 Å². The van der Waals surface area contributed by atoms with Crippen LogP contribution >= 0.6 is 0 Å². The Hall–Kier alpha value is -5.71. The minimum Gasteiger partial charge on any atom is -0.382 e. The third kappa shape index (κ3) is 10.0. The Morgan fingerprint density at radius 3 is 2.66 bits per heavy atom. The van der Waals surface area contributed by atoms with Crippen molar-refractivity contribution in [2.75, 3.05) is 50.2 Å². The molecule has 2 aliphatic heterocycles. The highest BCUT2D eigenvalue weighted by Gasteiger charge is 2.45. The van der Waals surface area contributed by atoms with E-state index >= 15 is 0 Å². The number of fused-ring (bicyclic) bond motifs is 2. The second-order valence-electron chi connectivity index (χ2n) is 14.7. The van der Waals surface area contributed by atoms with Gasteiger partial charge in [-0.25, -0.2) is 4.39 Å². The lowest BCUT2D eigenvalue weighted by Gasteiger charge is -2.27. The lowest BCUT2D eigenvalue weighted by molar-refractivity contribution is -0.136. The van der Waals surface area contributed by atoms with Gasteiger partial charge in [-0.2, -0.15) is 0 Å². The molecule has 0 spiro atoms. The van der Waals surface area contributed by atoms with Gasteiger partial charge in [0.15, 0.2) is 5.78 Å². The summed E-state index contributed by atoms with van der Waals surface area (Å²) in [6.07, 6.45) is 6.15. The van der Waals surface area contributed by atoms with Crippen molar-refractivity contribution in [3.63, 3.8) is 0 Å². The van der Waals surface area contributed by atoms with E-state index in [0.717, 1.165) is 40.0 Å². The molecule has 58 heavy (non-hydrogen) atoms. The molecule has 15 nitrogen and oxygen atoms in total. The number of anilines is 2. The maximum absolute atomic E-state index is 14.8. The average molecular weight is 796 g/mol. The summed E-state index contributed by atoms with van der Waals surface area (Å²) in [6.45, 7) is 2.97. The van der Waals surface area contributed by atoms with Crippen LogP contribution in [0.4, 0.5) is 15.8 Å². The van der Waals surface area contributed by atoms with Gasteiger partial charge < -0.3 is 24.8 Å². The van der Waals surface area contributed by atoms with Gasteiger partial charge >= 0.3 is 0 Å². The van der Waals surface area contributed by atoms with Crippen molar-refractivity contribution in [3.05, 3.63) is 89.1 Å². The summed E-state index contributed by atoms with van der Waals surface area (Å²) in [5, 5.41) is 9.72. The number of hydrogen-bond acceptors (Lipinski definition) is 13. The average Bonchev–Trinajstić information content (AvgIpc) is 4.00. The number of hydrogen-bond donors (Lipinski definition) is 3. The normalized spacial score (nSPS) is 17.6. The highest BCUT2D eigenvalue weighted by molar-refractivity contribution is 6.25. The Kier molecular flexibility index (Phi) is 13.1. The van der Waals surface area contributed by atoms with Gasteiger partial charge in [-0.15, -0.1) is 0 Å². The smallest absolute Gasteiger partial charge is 0.264 e. The molecule has 3 atom stereocenters. The molecule has 0 radical (unpaired) electrons. The number of nitrogens with zero attached hydrogens (tertiary/aromatic N) is 4. The molecule has 16 heteroatoms. The number of carbonyl (C=O) groups is 5. The van der Waals surface area contributed by atoms with Gasteiger partial charge in [0.05, 0.1) is 61.3 Å². The van der Waals surface area contributed by atoms with Gasteiger partial charge in [-0.05, 0) is 69.0 Å². The number of rotatable bonds is 21. The Morgan fingerprint density at radius 2 is 1.83 bits per heavy atom. The van der Waals surface area contributed by atoms with E-state index in [2.05, 4.69) is 25.9 Å². The van der Waals surface area contributed by atoms with E-state index in [0.29, 0.717) is 35.9 Å². The summed E-state index contributed by atoms with van der Waals surface area (Å²) in [4.78, 5) is 77.7. The Balaban J connectivity index is 0.775. The first-order valence-electron chi connectivity index (χ1n) is 19.6. The van der Waals surface area contributed by atoms with Gasteiger partial charge in [0.2, 0.25) is 11.8 Å². The maximum atomic E-state index is 14.8. The summed E-state index contributed by atoms with van der Waals surface area (Å²) in [5.41, 5.74) is 4.48. The largest absolute Gasteiger partial charge is 0.382 e. The van der Waals surface area contributed by atoms with Gasteiger partial charge in [-0.1, -0.05) is 6.07 Å². The molecule has 304 valence electrons. The second-order valence-corrected chi connectivity index (χ2v) is 14.7. The van der Waals surface area contributed by atoms with Crippen molar-refractivity contribution in [2.45, 2.75) is 76.2 Å². The number of nitrogens with one attached hydrogen (secondary N) is 3. The van der Waals surface area contributed by atoms with Gasteiger partial charge in [0, 0.05) is 78.6 Å². The monoisotopic (exact) mass is 795 g/mol. The van der Waals surface area contributed by atoms with E-state index < -0.39 is 35.8 Å². The summed E-state index contributed by atoms with van der Waals surface area (Å²) in [6, 6.07) is 11.8. The van der Waals surface area contributed by atoms with Crippen molar-refractivity contribution in [3.8, 4) is 0 Å². The number of carbonyl (C=O) groups excluding carboxylic acids is 5. The molecule has 7 rings (SSSR count). The van der Waals surface area contributed by atoms with Crippen molar-refractivity contribution in [1.29, 1.82) is 0 Å². The number of aromatic nitrogens is 3. The second kappa shape index (κ2) is 18.7. The molecular weight excluding hydrogens is 750 g/mol. The molecule has 5 heterocycles. The number of benzene rings is 1. The quantitative estimate of drug-likeness (QED) is 0.0610. The van der Waals surface area contributed by atoms with E-state index in [1.54, 1.807) is 30.7 Å². The number of Topliss-reactive ketones (excluding diaryl/α,β-unsaturated/α-hetero) is 1. The zero-order chi connectivity index (χ0) is 40.6. The van der Waals surface area contributed by atoms with Crippen molar-refractivity contribution in [1.82, 2.24) is 25.2 Å². The van der Waals surface area contributed by atoms with E-state index in [1.165, 1.54) is 6.07 Å². The zero-order valence-corrected chi connectivity index (χ0v) is 32.2. The lowest BCUT2D eigenvalue weighted by atomic mass is 10.0. The first-order chi connectivity index (χ1) is 28.1. The number of ether oxygens (including phenoxy) is 3. The van der Waals surface area contributed by atoms with Crippen LogP contribution in [0.2, 0.25) is 0 Å². The fourth-order valence-electron chi connectivity index (χ4n) is 6.92. The lowest BCUT2D eigenvalue weighted by Crippen LogP contribution is -2.54. The summed E-state index contributed by atoms with van der Waals surface area (Å²) >= 11 is 0. The van der Waals surface area contributed by atoms with Crippen LogP contribution in [-0.4, -0.2) is 113 Å². The fraction of sp³-hybridized carbons (Fsp3) is 0.429. The molecule has 1 aliphatic carbocycles. The molecule has 3 unspecified atom stereocenters. The maximum Gasteiger partial charge on any atom is 0.264 e. The molecule has 3 aliphatic rings. The molecule has 0 bridgehead atoms. The predicted molar refractivity (Wildman–Crippen MR) is 210 cm³/mol. The molecule has 4 aromatic rings. The van der Waals surface area contributed by atoms with E-state index in [-0.39, 0.29) is 81.7 Å². The third-order valence-corrected chi connectivity index (χ3v) is 10.1. The molecule has 3 aromatic heterocycles. The van der Waals surface area contributed by atoms with Crippen LogP contribution in [0.25, 0.3) is 10.9 Å². The molecule has 1 saturated carbocycles. The fourth-order valence-corrected chi connectivity index (χ4v) is 6.92. The predicted octanol–water partition coefficient (Wildman–Crippen LogP) is 4.44. The summed E-state index contributed by atoms with van der Waals surface area (Å²) in [7, 11) is 0. The van der Waals surface area contributed by atoms with Crippen LogP contribution in [-0.2, 0) is 30.2 Å². The Labute approximate surface area is 334 Å². The zero-order valence-electron chi connectivity index (χ0n) is 32.2. The first kappa shape index (κ1) is 40.5. The van der Waals surface area contributed by atoms with Gasteiger partial charge in [0.1, 0.15) is 12.2 Å². The molecule has 2 fully saturated rings. The third-order valence-electron chi connectivity index (χ3n) is 10.1. The van der Waals surface area contributed by atoms with Crippen LogP contribution < -0.4 is 16.0 Å².